The molecule has 7 heteroatoms. The molecule has 3 rings (SSSR count). The van der Waals surface area contributed by atoms with Gasteiger partial charge in [-0.15, -0.1) is 0 Å². The molecule has 1 amide bonds. The number of halogens is 1. The van der Waals surface area contributed by atoms with Crippen LogP contribution in [0.1, 0.15) is 29.9 Å². The molecule has 1 aromatic heterocycles. The molecule has 0 aliphatic carbocycles. The minimum atomic E-state index is -0.274. The maximum atomic E-state index is 12.9. The molecule has 0 bridgehead atoms. The summed E-state index contributed by atoms with van der Waals surface area (Å²) < 4.78 is 23.3. The summed E-state index contributed by atoms with van der Waals surface area (Å²) >= 11 is 0. The second-order valence-corrected chi connectivity index (χ2v) is 7.04. The molecule has 2 aromatic rings. The number of piperidine rings is 1. The van der Waals surface area contributed by atoms with E-state index in [2.05, 4.69) is 15.8 Å². The summed E-state index contributed by atoms with van der Waals surface area (Å²) in [5.74, 6) is 1.09. The topological polar surface area (TPSA) is 76.4 Å². The first-order valence-electron chi connectivity index (χ1n) is 9.29. The van der Waals surface area contributed by atoms with Crippen LogP contribution in [0.4, 0.5) is 4.39 Å². The number of rotatable bonds is 8. The van der Waals surface area contributed by atoms with Crippen molar-refractivity contribution in [3.05, 3.63) is 53.2 Å². The normalized spacial score (nSPS) is 19.8. The van der Waals surface area contributed by atoms with E-state index in [1.54, 1.807) is 19.2 Å². The third kappa shape index (κ3) is 5.87. The summed E-state index contributed by atoms with van der Waals surface area (Å²) in [6, 6.07) is 8.10. The molecule has 1 saturated heterocycles. The number of amides is 1. The van der Waals surface area contributed by atoms with Crippen LogP contribution in [0.15, 0.2) is 34.9 Å². The maximum Gasteiger partial charge on any atom is 0.220 e. The summed E-state index contributed by atoms with van der Waals surface area (Å²) in [5, 5.41) is 10.5. The highest BCUT2D eigenvalue weighted by molar-refractivity contribution is 5.76. The first kappa shape index (κ1) is 19.5. The smallest absolute Gasteiger partial charge is 0.220 e. The van der Waals surface area contributed by atoms with Crippen molar-refractivity contribution in [2.24, 2.45) is 11.8 Å². The molecule has 0 spiro atoms. The van der Waals surface area contributed by atoms with E-state index < -0.39 is 0 Å². The highest BCUT2D eigenvalue weighted by Gasteiger charge is 2.28. The third-order valence-corrected chi connectivity index (χ3v) is 4.98. The van der Waals surface area contributed by atoms with Gasteiger partial charge in [-0.1, -0.05) is 17.3 Å². The minimum absolute atomic E-state index is 0.0245. The first-order valence-corrected chi connectivity index (χ1v) is 9.29. The average molecular weight is 375 g/mol. The first-order chi connectivity index (χ1) is 13.1. The Balaban J connectivity index is 1.51. The molecular formula is C20H26FN3O3. The number of nitrogens with one attached hydrogen (secondary N) is 2. The second-order valence-electron chi connectivity index (χ2n) is 7.04. The van der Waals surface area contributed by atoms with Crippen LogP contribution in [-0.2, 0) is 29.1 Å². The minimum Gasteiger partial charge on any atom is -0.377 e. The third-order valence-electron chi connectivity index (χ3n) is 4.98. The molecule has 1 fully saturated rings. The lowest BCUT2D eigenvalue weighted by molar-refractivity contribution is -0.122. The molecule has 1 aliphatic rings. The molecule has 2 atom stereocenters. The zero-order valence-electron chi connectivity index (χ0n) is 15.5. The summed E-state index contributed by atoms with van der Waals surface area (Å²) in [7, 11) is 1.62. The molecule has 27 heavy (non-hydrogen) atoms. The number of hydrogen-bond acceptors (Lipinski definition) is 5. The number of ether oxygens (including phenoxy) is 1. The highest BCUT2D eigenvalue weighted by Crippen LogP contribution is 2.26. The molecule has 1 aliphatic heterocycles. The van der Waals surface area contributed by atoms with Crippen LogP contribution in [0.2, 0.25) is 0 Å². The standard InChI is InChI=1S/C20H26FN3O3/c1-26-13-19-10-18(24-27-19)8-16-12-22-7-6-15(16)9-20(25)23-11-14-2-4-17(21)5-3-14/h2-5,10,15-16,22H,6-9,11-13H2,1H3,(H,23,25)/t15-,16-/m0/s1. The van der Waals surface area contributed by atoms with E-state index in [1.807, 2.05) is 6.07 Å². The van der Waals surface area contributed by atoms with Crippen molar-refractivity contribution < 1.29 is 18.4 Å². The van der Waals surface area contributed by atoms with Gasteiger partial charge in [0.15, 0.2) is 5.76 Å². The van der Waals surface area contributed by atoms with E-state index in [4.69, 9.17) is 9.26 Å². The number of carbonyl (C=O) groups is 1. The van der Waals surface area contributed by atoms with Gasteiger partial charge in [0.1, 0.15) is 12.4 Å². The lowest BCUT2D eigenvalue weighted by Gasteiger charge is -2.31. The molecule has 6 nitrogen and oxygen atoms in total. The fourth-order valence-electron chi connectivity index (χ4n) is 3.53. The van der Waals surface area contributed by atoms with E-state index in [-0.39, 0.29) is 11.7 Å². The number of hydrogen-bond donors (Lipinski definition) is 2. The van der Waals surface area contributed by atoms with Gasteiger partial charge in [0.2, 0.25) is 5.91 Å². The van der Waals surface area contributed by atoms with Gasteiger partial charge in [0, 0.05) is 26.1 Å². The molecule has 0 unspecified atom stereocenters. The van der Waals surface area contributed by atoms with Crippen molar-refractivity contribution in [2.45, 2.75) is 32.4 Å². The highest BCUT2D eigenvalue weighted by atomic mass is 19.1. The monoisotopic (exact) mass is 375 g/mol. The van der Waals surface area contributed by atoms with E-state index in [1.165, 1.54) is 12.1 Å². The van der Waals surface area contributed by atoms with Gasteiger partial charge in [0.05, 0.1) is 5.69 Å². The zero-order valence-corrected chi connectivity index (χ0v) is 15.5. The van der Waals surface area contributed by atoms with Crippen LogP contribution in [0, 0.1) is 17.7 Å². The fourth-order valence-corrected chi connectivity index (χ4v) is 3.53. The van der Waals surface area contributed by atoms with E-state index in [9.17, 15) is 9.18 Å². The molecule has 0 saturated carbocycles. The van der Waals surface area contributed by atoms with Crippen molar-refractivity contribution in [3.63, 3.8) is 0 Å². The summed E-state index contributed by atoms with van der Waals surface area (Å²) in [6.45, 7) is 2.60. The molecule has 2 N–H and O–H groups in total. The molecule has 146 valence electrons. The van der Waals surface area contributed by atoms with Gasteiger partial charge in [-0.25, -0.2) is 4.39 Å². The largest absolute Gasteiger partial charge is 0.377 e. The van der Waals surface area contributed by atoms with Gasteiger partial charge >= 0.3 is 0 Å². The van der Waals surface area contributed by atoms with Crippen molar-refractivity contribution >= 4 is 5.91 Å². The van der Waals surface area contributed by atoms with Gasteiger partial charge in [-0.2, -0.15) is 0 Å². The van der Waals surface area contributed by atoms with Crippen LogP contribution in [0.5, 0.6) is 0 Å². The van der Waals surface area contributed by atoms with Crippen LogP contribution in [-0.4, -0.2) is 31.3 Å². The maximum absolute atomic E-state index is 12.9. The summed E-state index contributed by atoms with van der Waals surface area (Å²) in [5.41, 5.74) is 1.78. The molecular weight excluding hydrogens is 349 g/mol. The van der Waals surface area contributed by atoms with Gasteiger partial charge in [-0.3, -0.25) is 4.79 Å². The predicted octanol–water partition coefficient (Wildman–Crippen LogP) is 2.43. The van der Waals surface area contributed by atoms with Crippen molar-refractivity contribution in [3.8, 4) is 0 Å². The van der Waals surface area contributed by atoms with Crippen LogP contribution >= 0.6 is 0 Å². The van der Waals surface area contributed by atoms with Crippen LogP contribution in [0.3, 0.4) is 0 Å². The number of benzene rings is 1. The number of aromatic nitrogens is 1. The zero-order chi connectivity index (χ0) is 19.1. The summed E-state index contributed by atoms with van der Waals surface area (Å²) in [6.07, 6.45) is 2.21. The number of methoxy groups -OCH3 is 1. The Morgan fingerprint density at radius 2 is 2.19 bits per heavy atom. The quantitative estimate of drug-likeness (QED) is 0.741. The predicted molar refractivity (Wildman–Crippen MR) is 98.3 cm³/mol. The molecule has 0 radical (unpaired) electrons. The Morgan fingerprint density at radius 1 is 1.37 bits per heavy atom. The Kier molecular flexibility index (Phi) is 6.95. The van der Waals surface area contributed by atoms with Crippen LogP contribution < -0.4 is 10.6 Å². The van der Waals surface area contributed by atoms with Crippen LogP contribution in [0.25, 0.3) is 0 Å². The number of nitrogens with zero attached hydrogens (tertiary/aromatic N) is 1. The van der Waals surface area contributed by atoms with Gasteiger partial charge in [-0.05, 0) is 55.5 Å². The SMILES string of the molecule is COCc1cc(C[C@H]2CNCC[C@H]2CC(=O)NCc2ccc(F)cc2)no1. The Bertz CT molecular complexity index is 732. The Hall–Kier alpha value is -2.25. The van der Waals surface area contributed by atoms with Gasteiger partial charge in [0.25, 0.3) is 0 Å². The van der Waals surface area contributed by atoms with Crippen molar-refractivity contribution in [1.82, 2.24) is 15.8 Å². The van der Waals surface area contributed by atoms with Crippen molar-refractivity contribution in [2.75, 3.05) is 20.2 Å². The number of carbonyl (C=O) groups excluding carboxylic acids is 1. The van der Waals surface area contributed by atoms with E-state index >= 15 is 0 Å². The lowest BCUT2D eigenvalue weighted by Crippen LogP contribution is -2.40. The molecule has 2 heterocycles. The average Bonchev–Trinajstić information content (AvgIpc) is 3.10. The molecule has 1 aromatic carbocycles. The summed E-state index contributed by atoms with van der Waals surface area (Å²) in [4.78, 5) is 12.4. The van der Waals surface area contributed by atoms with E-state index in [0.29, 0.717) is 37.2 Å². The van der Waals surface area contributed by atoms with Gasteiger partial charge < -0.3 is 19.9 Å². The lowest BCUT2D eigenvalue weighted by atomic mass is 9.81. The Morgan fingerprint density at radius 3 is 2.96 bits per heavy atom. The Labute approximate surface area is 158 Å². The van der Waals surface area contributed by atoms with Crippen molar-refractivity contribution in [1.29, 1.82) is 0 Å². The fraction of sp³-hybridized carbons (Fsp3) is 0.500. The van der Waals surface area contributed by atoms with E-state index in [0.717, 1.165) is 37.2 Å². The second kappa shape index (κ2) is 9.62.